The number of rotatable bonds is 3. The number of nitrogens with one attached hydrogen (secondary N) is 1. The molecule has 2 rings (SSSR count). The lowest BCUT2D eigenvalue weighted by atomic mass is 9.99. The van der Waals surface area contributed by atoms with E-state index < -0.39 is 0 Å². The molecule has 4 nitrogen and oxygen atoms in total. The number of hydrogen-bond donors (Lipinski definition) is 1. The first kappa shape index (κ1) is 12.8. The Hall–Kier alpha value is -0.610. The van der Waals surface area contributed by atoms with Crippen molar-refractivity contribution in [2.24, 2.45) is 0 Å². The Morgan fingerprint density at radius 2 is 2.35 bits per heavy atom. The normalized spacial score (nSPS) is 30.3. The van der Waals surface area contributed by atoms with Crippen molar-refractivity contribution in [1.82, 2.24) is 10.2 Å². The molecule has 98 valence electrons. The van der Waals surface area contributed by atoms with E-state index in [0.29, 0.717) is 12.5 Å². The van der Waals surface area contributed by atoms with E-state index >= 15 is 0 Å². The van der Waals surface area contributed by atoms with E-state index in [9.17, 15) is 4.79 Å². The molecule has 2 saturated heterocycles. The fourth-order valence-corrected chi connectivity index (χ4v) is 2.82. The third kappa shape index (κ3) is 3.42. The molecule has 0 aromatic heterocycles. The lowest BCUT2D eigenvalue weighted by Crippen LogP contribution is -2.47. The van der Waals surface area contributed by atoms with Crippen LogP contribution in [0.25, 0.3) is 0 Å². The number of carbonyl (C=O) groups excluding carboxylic acids is 1. The maximum Gasteiger partial charge on any atom is 0.225 e. The molecule has 2 fully saturated rings. The lowest BCUT2D eigenvalue weighted by Gasteiger charge is -2.36. The number of ether oxygens (including phenoxy) is 1. The lowest BCUT2D eigenvalue weighted by molar-refractivity contribution is -0.138. The Labute approximate surface area is 104 Å². The Kier molecular flexibility index (Phi) is 4.80. The highest BCUT2D eigenvalue weighted by Gasteiger charge is 2.27. The van der Waals surface area contributed by atoms with Gasteiger partial charge in [-0.15, -0.1) is 0 Å². The van der Waals surface area contributed by atoms with Crippen LogP contribution < -0.4 is 5.32 Å². The first-order valence-corrected chi connectivity index (χ1v) is 6.93. The fourth-order valence-electron chi connectivity index (χ4n) is 2.82. The minimum Gasteiger partial charge on any atom is -0.375 e. The summed E-state index contributed by atoms with van der Waals surface area (Å²) in [6.45, 7) is 5.57. The predicted molar refractivity (Wildman–Crippen MR) is 66.9 cm³/mol. The Balaban J connectivity index is 1.84. The van der Waals surface area contributed by atoms with Gasteiger partial charge in [-0.1, -0.05) is 6.92 Å². The summed E-state index contributed by atoms with van der Waals surface area (Å²) in [4.78, 5) is 14.3. The molecule has 0 aromatic rings. The first-order chi connectivity index (χ1) is 8.31. The molecule has 2 heterocycles. The van der Waals surface area contributed by atoms with Crippen molar-refractivity contribution in [3.63, 3.8) is 0 Å². The number of carbonyl (C=O) groups is 1. The van der Waals surface area contributed by atoms with Crippen LogP contribution in [0.4, 0.5) is 0 Å². The highest BCUT2D eigenvalue weighted by atomic mass is 16.5. The van der Waals surface area contributed by atoms with Gasteiger partial charge < -0.3 is 15.0 Å². The monoisotopic (exact) mass is 240 g/mol. The molecule has 0 aliphatic carbocycles. The smallest absolute Gasteiger partial charge is 0.225 e. The number of likely N-dealkylation sites (tertiary alicyclic amines) is 1. The van der Waals surface area contributed by atoms with Crippen LogP contribution in [0.5, 0.6) is 0 Å². The van der Waals surface area contributed by atoms with E-state index in [0.717, 1.165) is 39.1 Å². The van der Waals surface area contributed by atoms with Crippen molar-refractivity contribution in [3.05, 3.63) is 0 Å². The zero-order valence-corrected chi connectivity index (χ0v) is 10.8. The molecular formula is C13H24N2O2. The molecule has 17 heavy (non-hydrogen) atoms. The second-order valence-corrected chi connectivity index (χ2v) is 5.05. The van der Waals surface area contributed by atoms with Crippen LogP contribution in [0.15, 0.2) is 0 Å². The van der Waals surface area contributed by atoms with Gasteiger partial charge in [-0.2, -0.15) is 0 Å². The van der Waals surface area contributed by atoms with Gasteiger partial charge in [0.2, 0.25) is 5.91 Å². The fraction of sp³-hybridized carbons (Fsp3) is 0.923. The Bertz CT molecular complexity index is 252. The molecular weight excluding hydrogens is 216 g/mol. The van der Waals surface area contributed by atoms with Crippen LogP contribution >= 0.6 is 0 Å². The van der Waals surface area contributed by atoms with Gasteiger partial charge in [0.1, 0.15) is 0 Å². The zero-order valence-electron chi connectivity index (χ0n) is 10.8. The van der Waals surface area contributed by atoms with Gasteiger partial charge in [0.15, 0.2) is 0 Å². The maximum atomic E-state index is 12.3. The van der Waals surface area contributed by atoms with Gasteiger partial charge >= 0.3 is 0 Å². The molecule has 1 amide bonds. The second kappa shape index (κ2) is 6.36. The van der Waals surface area contributed by atoms with Crippen LogP contribution in [0.3, 0.4) is 0 Å². The van der Waals surface area contributed by atoms with E-state index in [2.05, 4.69) is 17.1 Å². The average Bonchev–Trinajstić information content (AvgIpc) is 2.40. The third-order valence-electron chi connectivity index (χ3n) is 3.83. The standard InChI is InChI=1S/C13H24N2O2/c1-2-11-5-3-4-7-15(11)13(16)9-12-10-14-6-8-17-12/h11-12,14H,2-10H2,1H3. The maximum absolute atomic E-state index is 12.3. The molecule has 0 aromatic carbocycles. The van der Waals surface area contributed by atoms with Crippen LogP contribution in [0.2, 0.25) is 0 Å². The molecule has 0 saturated carbocycles. The van der Waals surface area contributed by atoms with E-state index in [-0.39, 0.29) is 12.0 Å². The minimum absolute atomic E-state index is 0.0793. The molecule has 4 heteroatoms. The summed E-state index contributed by atoms with van der Waals surface area (Å²) in [5.41, 5.74) is 0. The summed E-state index contributed by atoms with van der Waals surface area (Å²) in [6, 6.07) is 0.466. The van der Waals surface area contributed by atoms with Gasteiger partial charge in [0, 0.05) is 25.7 Å². The molecule has 0 bridgehead atoms. The number of amides is 1. The predicted octanol–water partition coefficient (Wildman–Crippen LogP) is 1.16. The molecule has 0 spiro atoms. The van der Waals surface area contributed by atoms with E-state index in [1.165, 1.54) is 12.8 Å². The van der Waals surface area contributed by atoms with Crippen molar-refractivity contribution in [1.29, 1.82) is 0 Å². The Morgan fingerprint density at radius 3 is 3.06 bits per heavy atom. The van der Waals surface area contributed by atoms with Crippen LogP contribution in [0.1, 0.15) is 39.0 Å². The summed E-state index contributed by atoms with van der Waals surface area (Å²) in [5, 5.41) is 3.27. The van der Waals surface area contributed by atoms with Crippen molar-refractivity contribution >= 4 is 5.91 Å². The van der Waals surface area contributed by atoms with Gasteiger partial charge in [-0.25, -0.2) is 0 Å². The third-order valence-corrected chi connectivity index (χ3v) is 3.83. The number of piperidine rings is 1. The van der Waals surface area contributed by atoms with E-state index in [1.54, 1.807) is 0 Å². The zero-order chi connectivity index (χ0) is 12.1. The molecule has 1 N–H and O–H groups in total. The van der Waals surface area contributed by atoms with Gasteiger partial charge in [0.25, 0.3) is 0 Å². The highest BCUT2D eigenvalue weighted by molar-refractivity contribution is 5.77. The minimum atomic E-state index is 0.0793. The topological polar surface area (TPSA) is 41.6 Å². The van der Waals surface area contributed by atoms with Gasteiger partial charge in [-0.3, -0.25) is 4.79 Å². The summed E-state index contributed by atoms with van der Waals surface area (Å²) in [7, 11) is 0. The van der Waals surface area contributed by atoms with Crippen LogP contribution in [0, 0.1) is 0 Å². The van der Waals surface area contributed by atoms with Gasteiger partial charge in [-0.05, 0) is 25.7 Å². The largest absolute Gasteiger partial charge is 0.375 e. The molecule has 2 atom stereocenters. The van der Waals surface area contributed by atoms with Crippen molar-refractivity contribution in [2.45, 2.75) is 51.2 Å². The number of nitrogens with zero attached hydrogens (tertiary/aromatic N) is 1. The first-order valence-electron chi connectivity index (χ1n) is 6.93. The van der Waals surface area contributed by atoms with Gasteiger partial charge in [0.05, 0.1) is 19.1 Å². The van der Waals surface area contributed by atoms with E-state index in [4.69, 9.17) is 4.74 Å². The average molecular weight is 240 g/mol. The SMILES string of the molecule is CCC1CCCCN1C(=O)CC1CNCCO1. The molecule has 2 aliphatic rings. The number of hydrogen-bond acceptors (Lipinski definition) is 3. The highest BCUT2D eigenvalue weighted by Crippen LogP contribution is 2.21. The molecule has 2 unspecified atom stereocenters. The summed E-state index contributed by atoms with van der Waals surface area (Å²) >= 11 is 0. The van der Waals surface area contributed by atoms with Crippen molar-refractivity contribution in [2.75, 3.05) is 26.2 Å². The number of morpholine rings is 1. The van der Waals surface area contributed by atoms with Crippen molar-refractivity contribution in [3.8, 4) is 0 Å². The summed E-state index contributed by atoms with van der Waals surface area (Å²) in [6.07, 6.45) is 5.30. The quantitative estimate of drug-likeness (QED) is 0.805. The molecule has 0 radical (unpaired) electrons. The summed E-state index contributed by atoms with van der Waals surface area (Å²) in [5.74, 6) is 0.283. The van der Waals surface area contributed by atoms with Crippen LogP contribution in [-0.4, -0.2) is 49.2 Å². The second-order valence-electron chi connectivity index (χ2n) is 5.05. The summed E-state index contributed by atoms with van der Waals surface area (Å²) < 4.78 is 5.60. The van der Waals surface area contributed by atoms with Crippen LogP contribution in [-0.2, 0) is 9.53 Å². The van der Waals surface area contributed by atoms with Crippen molar-refractivity contribution < 1.29 is 9.53 Å². The van der Waals surface area contributed by atoms with E-state index in [1.807, 2.05) is 0 Å². The Morgan fingerprint density at radius 1 is 1.47 bits per heavy atom. The molecule has 2 aliphatic heterocycles.